The zero-order valence-corrected chi connectivity index (χ0v) is 12.8. The fraction of sp³-hybridized carbons (Fsp3) is 0.647. The Morgan fingerprint density at radius 3 is 1.95 bits per heavy atom. The quantitative estimate of drug-likeness (QED) is 0.487. The van der Waals surface area contributed by atoms with Crippen molar-refractivity contribution in [1.29, 1.82) is 0 Å². The van der Waals surface area contributed by atoms with Crippen molar-refractivity contribution < 1.29 is 9.36 Å². The Morgan fingerprint density at radius 2 is 1.45 bits per heavy atom. The van der Waals surface area contributed by atoms with Gasteiger partial charge in [0.05, 0.1) is 5.56 Å². The van der Waals surface area contributed by atoms with Crippen LogP contribution in [0, 0.1) is 0 Å². The van der Waals surface area contributed by atoms with Gasteiger partial charge in [-0.3, -0.25) is 4.79 Å². The molecule has 1 heterocycles. The first-order valence-corrected chi connectivity index (χ1v) is 8.03. The maximum Gasteiger partial charge on any atom is 0.249 e. The lowest BCUT2D eigenvalue weighted by Gasteiger charge is -2.01. The zero-order chi connectivity index (χ0) is 14.6. The van der Waals surface area contributed by atoms with E-state index in [1.165, 1.54) is 57.8 Å². The molecule has 0 unspecified atom stereocenters. The van der Waals surface area contributed by atoms with Crippen molar-refractivity contribution in [3.63, 3.8) is 0 Å². The number of carbonyl (C=O) groups is 1. The third-order valence-corrected chi connectivity index (χ3v) is 3.70. The summed E-state index contributed by atoms with van der Waals surface area (Å²) in [6, 6.07) is 3.58. The predicted octanol–water partition coefficient (Wildman–Crippen LogP) is 3.60. The minimum absolute atomic E-state index is 0.361. The van der Waals surface area contributed by atoms with E-state index in [-0.39, 0.29) is 5.91 Å². The van der Waals surface area contributed by atoms with E-state index >= 15 is 0 Å². The van der Waals surface area contributed by atoms with Crippen molar-refractivity contribution >= 4 is 5.91 Å². The molecular weight excluding hydrogens is 248 g/mol. The number of hydrogen-bond donors (Lipinski definition) is 1. The van der Waals surface area contributed by atoms with E-state index < -0.39 is 0 Å². The molecule has 0 aliphatic carbocycles. The number of amides is 1. The molecule has 0 aliphatic rings. The molecule has 3 nitrogen and oxygen atoms in total. The van der Waals surface area contributed by atoms with Crippen LogP contribution in [0.15, 0.2) is 24.5 Å². The summed E-state index contributed by atoms with van der Waals surface area (Å²) in [5.74, 6) is -0.361. The van der Waals surface area contributed by atoms with E-state index in [4.69, 9.17) is 5.73 Å². The third-order valence-electron chi connectivity index (χ3n) is 3.70. The molecule has 0 fully saturated rings. The van der Waals surface area contributed by atoms with Crippen molar-refractivity contribution in [2.24, 2.45) is 5.73 Å². The summed E-state index contributed by atoms with van der Waals surface area (Å²) in [5.41, 5.74) is 5.79. The molecule has 0 saturated heterocycles. The van der Waals surface area contributed by atoms with Gasteiger partial charge in [-0.25, -0.2) is 4.57 Å². The molecule has 1 rings (SSSR count). The average Bonchev–Trinajstić information content (AvgIpc) is 2.46. The van der Waals surface area contributed by atoms with Gasteiger partial charge >= 0.3 is 0 Å². The first-order chi connectivity index (χ1) is 9.74. The molecule has 1 aromatic rings. The maximum absolute atomic E-state index is 11.0. The number of primary amides is 1. The van der Waals surface area contributed by atoms with Gasteiger partial charge in [0.1, 0.15) is 6.54 Å². The lowest BCUT2D eigenvalue weighted by Crippen LogP contribution is -2.33. The van der Waals surface area contributed by atoms with Gasteiger partial charge in [-0.05, 0) is 6.42 Å². The fourth-order valence-corrected chi connectivity index (χ4v) is 2.38. The predicted molar refractivity (Wildman–Crippen MR) is 82.4 cm³/mol. The van der Waals surface area contributed by atoms with E-state index in [1.54, 1.807) is 12.1 Å². The Balaban J connectivity index is 2.02. The average molecular weight is 277 g/mol. The summed E-state index contributed by atoms with van der Waals surface area (Å²) < 4.78 is 2.12. The second-order valence-corrected chi connectivity index (χ2v) is 5.52. The van der Waals surface area contributed by atoms with Crippen LogP contribution >= 0.6 is 0 Å². The van der Waals surface area contributed by atoms with E-state index in [9.17, 15) is 4.79 Å². The monoisotopic (exact) mass is 277 g/mol. The lowest BCUT2D eigenvalue weighted by atomic mass is 10.1. The molecule has 0 atom stereocenters. The van der Waals surface area contributed by atoms with Gasteiger partial charge in [0.15, 0.2) is 12.4 Å². The van der Waals surface area contributed by atoms with Crippen LogP contribution in [0.3, 0.4) is 0 Å². The molecule has 2 N–H and O–H groups in total. The molecule has 0 radical (unpaired) electrons. The fourth-order valence-electron chi connectivity index (χ4n) is 2.38. The van der Waals surface area contributed by atoms with Crippen LogP contribution in [0.2, 0.25) is 0 Å². The van der Waals surface area contributed by atoms with E-state index in [1.807, 2.05) is 12.4 Å². The second-order valence-electron chi connectivity index (χ2n) is 5.52. The Labute approximate surface area is 123 Å². The number of pyridine rings is 1. The van der Waals surface area contributed by atoms with Crippen molar-refractivity contribution in [1.82, 2.24) is 0 Å². The molecule has 0 bridgehead atoms. The van der Waals surface area contributed by atoms with Gasteiger partial charge in [0, 0.05) is 18.6 Å². The largest absolute Gasteiger partial charge is 0.366 e. The van der Waals surface area contributed by atoms with Crippen LogP contribution in [0.4, 0.5) is 0 Å². The Bertz CT molecular complexity index is 373. The normalized spacial score (nSPS) is 10.7. The molecule has 1 aromatic heterocycles. The van der Waals surface area contributed by atoms with Crippen LogP contribution < -0.4 is 10.3 Å². The van der Waals surface area contributed by atoms with Crippen molar-refractivity contribution in [2.75, 3.05) is 0 Å². The summed E-state index contributed by atoms with van der Waals surface area (Å²) in [5, 5.41) is 0. The van der Waals surface area contributed by atoms with E-state index in [0.717, 1.165) is 6.54 Å². The topological polar surface area (TPSA) is 47.0 Å². The minimum Gasteiger partial charge on any atom is -0.366 e. The Morgan fingerprint density at radius 1 is 0.950 bits per heavy atom. The first-order valence-electron chi connectivity index (χ1n) is 8.03. The van der Waals surface area contributed by atoms with Crippen LogP contribution in [0.1, 0.15) is 75.1 Å². The number of rotatable bonds is 11. The number of hydrogen-bond acceptors (Lipinski definition) is 1. The molecule has 3 heteroatoms. The molecule has 1 amide bonds. The molecule has 0 aliphatic heterocycles. The molecule has 0 saturated carbocycles. The minimum atomic E-state index is -0.361. The van der Waals surface area contributed by atoms with Gasteiger partial charge in [-0.1, -0.05) is 51.9 Å². The van der Waals surface area contributed by atoms with Crippen molar-refractivity contribution in [3.8, 4) is 0 Å². The Hall–Kier alpha value is -1.38. The standard InChI is InChI=1S/C17H28N2O/c1-2-3-4-5-6-7-8-9-10-13-19-14-11-16(12-15-19)17(18)20/h11-12,14-15H,2-10,13H2,1H3,(H-,18,20)/p+1. The van der Waals surface area contributed by atoms with Crippen molar-refractivity contribution in [3.05, 3.63) is 30.1 Å². The highest BCUT2D eigenvalue weighted by molar-refractivity contribution is 5.92. The number of carbonyl (C=O) groups excluding carboxylic acids is 1. The summed E-state index contributed by atoms with van der Waals surface area (Å²) in [4.78, 5) is 11.0. The van der Waals surface area contributed by atoms with Crippen LogP contribution in [-0.4, -0.2) is 5.91 Å². The number of nitrogens with two attached hydrogens (primary N) is 1. The SMILES string of the molecule is CCCCCCCCCCC[n+]1ccc(C(N)=O)cc1. The molecule has 0 aromatic carbocycles. The van der Waals surface area contributed by atoms with E-state index in [0.29, 0.717) is 5.56 Å². The first kappa shape index (κ1) is 16.7. The van der Waals surface area contributed by atoms with Gasteiger partial charge in [-0.15, -0.1) is 0 Å². The highest BCUT2D eigenvalue weighted by atomic mass is 16.1. The summed E-state index contributed by atoms with van der Waals surface area (Å²) in [6.45, 7) is 3.28. The highest BCUT2D eigenvalue weighted by Gasteiger charge is 2.04. The number of aryl methyl sites for hydroxylation is 1. The second kappa shape index (κ2) is 10.4. The van der Waals surface area contributed by atoms with Crippen molar-refractivity contribution in [2.45, 2.75) is 71.3 Å². The molecular formula is C17H29N2O+. The van der Waals surface area contributed by atoms with Gasteiger partial charge in [0.25, 0.3) is 0 Å². The smallest absolute Gasteiger partial charge is 0.249 e. The van der Waals surface area contributed by atoms with Gasteiger partial charge in [-0.2, -0.15) is 0 Å². The van der Waals surface area contributed by atoms with Gasteiger partial charge in [0.2, 0.25) is 5.91 Å². The lowest BCUT2D eigenvalue weighted by molar-refractivity contribution is -0.697. The molecule has 20 heavy (non-hydrogen) atoms. The molecule has 0 spiro atoms. The maximum atomic E-state index is 11.0. The zero-order valence-electron chi connectivity index (χ0n) is 12.8. The highest BCUT2D eigenvalue weighted by Crippen LogP contribution is 2.09. The number of unbranched alkanes of at least 4 members (excludes halogenated alkanes) is 8. The van der Waals surface area contributed by atoms with Crippen LogP contribution in [0.5, 0.6) is 0 Å². The van der Waals surface area contributed by atoms with Gasteiger partial charge < -0.3 is 5.73 Å². The summed E-state index contributed by atoms with van der Waals surface area (Å²) in [6.07, 6.45) is 16.0. The summed E-state index contributed by atoms with van der Waals surface area (Å²) in [7, 11) is 0. The Kier molecular flexibility index (Phi) is 8.68. The number of nitrogens with zero attached hydrogens (tertiary/aromatic N) is 1. The van der Waals surface area contributed by atoms with Crippen LogP contribution in [-0.2, 0) is 6.54 Å². The summed E-state index contributed by atoms with van der Waals surface area (Å²) >= 11 is 0. The van der Waals surface area contributed by atoms with E-state index in [2.05, 4.69) is 11.5 Å². The molecule has 112 valence electrons. The third kappa shape index (κ3) is 7.27. The number of aromatic nitrogens is 1. The van der Waals surface area contributed by atoms with Crippen LogP contribution in [0.25, 0.3) is 0 Å².